The van der Waals surface area contributed by atoms with E-state index in [1.165, 1.54) is 24.0 Å². The first-order chi connectivity index (χ1) is 9.28. The van der Waals surface area contributed by atoms with Gasteiger partial charge in [-0.3, -0.25) is 4.79 Å². The van der Waals surface area contributed by atoms with Gasteiger partial charge in [0.2, 0.25) is 0 Å². The van der Waals surface area contributed by atoms with Crippen LogP contribution in [0.4, 0.5) is 0 Å². The van der Waals surface area contributed by atoms with E-state index in [0.29, 0.717) is 12.5 Å². The number of carbonyl (C=O) groups is 1. The second-order valence-corrected chi connectivity index (χ2v) is 5.54. The van der Waals surface area contributed by atoms with Crippen molar-refractivity contribution in [3.8, 4) is 5.75 Å². The Bertz CT molecular complexity index is 481. The number of ether oxygens (including phenoxy) is 2. The predicted octanol–water partition coefficient (Wildman–Crippen LogP) is 3.07. The second kappa shape index (κ2) is 5.24. The Labute approximate surface area is 113 Å². The van der Waals surface area contributed by atoms with Crippen molar-refractivity contribution in [1.82, 2.24) is 0 Å². The minimum atomic E-state index is 0.000588. The van der Waals surface area contributed by atoms with Crippen molar-refractivity contribution in [2.45, 2.75) is 38.0 Å². The lowest BCUT2D eigenvalue weighted by Crippen LogP contribution is -2.16. The fourth-order valence-corrected chi connectivity index (χ4v) is 3.36. The molecule has 0 N–H and O–H groups in total. The SMILES string of the molecule is COc1ccc2c(c1)CCC[C@@H]2C[C@@H]1CCOC1=O. The summed E-state index contributed by atoms with van der Waals surface area (Å²) < 4.78 is 10.4. The lowest BCUT2D eigenvalue weighted by atomic mass is 9.78. The molecule has 1 aromatic rings. The summed E-state index contributed by atoms with van der Waals surface area (Å²) in [6.07, 6.45) is 5.34. The molecule has 0 amide bonds. The number of aryl methyl sites for hydroxylation is 1. The van der Waals surface area contributed by atoms with E-state index >= 15 is 0 Å². The van der Waals surface area contributed by atoms with Gasteiger partial charge in [0.15, 0.2) is 0 Å². The molecule has 102 valence electrons. The van der Waals surface area contributed by atoms with Crippen molar-refractivity contribution >= 4 is 5.97 Å². The average molecular weight is 260 g/mol. The van der Waals surface area contributed by atoms with E-state index < -0.39 is 0 Å². The number of methoxy groups -OCH3 is 1. The molecular formula is C16H20O3. The minimum Gasteiger partial charge on any atom is -0.497 e. The average Bonchev–Trinajstić information content (AvgIpc) is 2.84. The van der Waals surface area contributed by atoms with Crippen molar-refractivity contribution in [2.24, 2.45) is 5.92 Å². The maximum Gasteiger partial charge on any atom is 0.309 e. The Kier molecular flexibility index (Phi) is 3.45. The molecule has 1 saturated heterocycles. The molecular weight excluding hydrogens is 240 g/mol. The van der Waals surface area contributed by atoms with Crippen molar-refractivity contribution in [3.63, 3.8) is 0 Å². The predicted molar refractivity (Wildman–Crippen MR) is 72.4 cm³/mol. The lowest BCUT2D eigenvalue weighted by Gasteiger charge is -2.27. The van der Waals surface area contributed by atoms with E-state index in [1.54, 1.807) is 7.11 Å². The Balaban J connectivity index is 1.80. The Morgan fingerprint density at radius 1 is 1.32 bits per heavy atom. The zero-order valence-corrected chi connectivity index (χ0v) is 11.4. The minimum absolute atomic E-state index is 0.000588. The van der Waals surface area contributed by atoms with Crippen LogP contribution in [0, 0.1) is 5.92 Å². The summed E-state index contributed by atoms with van der Waals surface area (Å²) >= 11 is 0. The lowest BCUT2D eigenvalue weighted by molar-refractivity contribution is -0.141. The van der Waals surface area contributed by atoms with E-state index in [0.717, 1.165) is 25.0 Å². The standard InChI is InChI=1S/C16H20O3/c1-18-14-5-6-15-11(3-2-4-12(15)10-14)9-13-7-8-19-16(13)17/h5-6,10-11,13H,2-4,7-9H2,1H3/t11-,13+/m1/s1. The van der Waals surface area contributed by atoms with Gasteiger partial charge in [-0.15, -0.1) is 0 Å². The Morgan fingerprint density at radius 3 is 2.95 bits per heavy atom. The van der Waals surface area contributed by atoms with Crippen molar-refractivity contribution in [1.29, 1.82) is 0 Å². The number of esters is 1. The summed E-state index contributed by atoms with van der Waals surface area (Å²) in [5, 5.41) is 0. The number of hydrogen-bond acceptors (Lipinski definition) is 3. The fourth-order valence-electron chi connectivity index (χ4n) is 3.36. The van der Waals surface area contributed by atoms with Crippen LogP contribution in [-0.2, 0) is 16.0 Å². The highest BCUT2D eigenvalue weighted by atomic mass is 16.5. The molecule has 3 nitrogen and oxygen atoms in total. The Morgan fingerprint density at radius 2 is 2.21 bits per heavy atom. The normalized spacial score (nSPS) is 25.8. The molecule has 0 unspecified atom stereocenters. The summed E-state index contributed by atoms with van der Waals surface area (Å²) in [5.41, 5.74) is 2.80. The van der Waals surface area contributed by atoms with Crippen LogP contribution < -0.4 is 4.74 Å². The monoisotopic (exact) mass is 260 g/mol. The Hall–Kier alpha value is -1.51. The molecule has 1 aromatic carbocycles. The fraction of sp³-hybridized carbons (Fsp3) is 0.562. The summed E-state index contributed by atoms with van der Waals surface area (Å²) in [4.78, 5) is 11.6. The van der Waals surface area contributed by atoms with E-state index in [4.69, 9.17) is 9.47 Å². The third-order valence-corrected chi connectivity index (χ3v) is 4.40. The van der Waals surface area contributed by atoms with Crippen LogP contribution in [0.1, 0.15) is 42.7 Å². The molecule has 1 fully saturated rings. The smallest absolute Gasteiger partial charge is 0.309 e. The number of benzene rings is 1. The van der Waals surface area contributed by atoms with Gasteiger partial charge in [0.05, 0.1) is 19.6 Å². The van der Waals surface area contributed by atoms with Crippen LogP contribution in [0.2, 0.25) is 0 Å². The van der Waals surface area contributed by atoms with Gasteiger partial charge in [-0.2, -0.15) is 0 Å². The molecule has 0 bridgehead atoms. The van der Waals surface area contributed by atoms with E-state index in [-0.39, 0.29) is 11.9 Å². The third-order valence-electron chi connectivity index (χ3n) is 4.40. The van der Waals surface area contributed by atoms with E-state index in [9.17, 15) is 4.79 Å². The van der Waals surface area contributed by atoms with Gasteiger partial charge in [0.1, 0.15) is 5.75 Å². The van der Waals surface area contributed by atoms with Gasteiger partial charge in [-0.05, 0) is 61.3 Å². The van der Waals surface area contributed by atoms with Gasteiger partial charge in [0.25, 0.3) is 0 Å². The molecule has 1 aliphatic heterocycles. The van der Waals surface area contributed by atoms with E-state index in [2.05, 4.69) is 12.1 Å². The van der Waals surface area contributed by atoms with Gasteiger partial charge in [-0.25, -0.2) is 0 Å². The molecule has 0 radical (unpaired) electrons. The third kappa shape index (κ3) is 2.46. The maximum absolute atomic E-state index is 11.6. The highest BCUT2D eigenvalue weighted by molar-refractivity contribution is 5.74. The molecule has 2 atom stereocenters. The number of carbonyl (C=O) groups excluding carboxylic acids is 1. The number of cyclic esters (lactones) is 1. The van der Waals surface area contributed by atoms with Gasteiger partial charge >= 0.3 is 5.97 Å². The molecule has 3 rings (SSSR count). The molecule has 0 aromatic heterocycles. The zero-order valence-electron chi connectivity index (χ0n) is 11.4. The molecule has 0 spiro atoms. The molecule has 1 aliphatic carbocycles. The summed E-state index contributed by atoms with van der Waals surface area (Å²) in [5.74, 6) is 1.55. The van der Waals surface area contributed by atoms with Crippen molar-refractivity contribution in [3.05, 3.63) is 29.3 Å². The van der Waals surface area contributed by atoms with Gasteiger partial charge < -0.3 is 9.47 Å². The summed E-state index contributed by atoms with van der Waals surface area (Å²) in [6, 6.07) is 6.36. The van der Waals surface area contributed by atoms with Crippen molar-refractivity contribution in [2.75, 3.05) is 13.7 Å². The topological polar surface area (TPSA) is 35.5 Å². The van der Waals surface area contributed by atoms with Gasteiger partial charge in [-0.1, -0.05) is 6.07 Å². The van der Waals surface area contributed by atoms with Crippen LogP contribution in [0.15, 0.2) is 18.2 Å². The highest BCUT2D eigenvalue weighted by Crippen LogP contribution is 2.39. The van der Waals surface area contributed by atoms with E-state index in [1.807, 2.05) is 6.07 Å². The summed E-state index contributed by atoms with van der Waals surface area (Å²) in [7, 11) is 1.70. The maximum atomic E-state index is 11.6. The number of rotatable bonds is 3. The van der Waals surface area contributed by atoms with Crippen LogP contribution in [0.25, 0.3) is 0 Å². The number of fused-ring (bicyclic) bond motifs is 1. The first kappa shape index (κ1) is 12.5. The summed E-state index contributed by atoms with van der Waals surface area (Å²) in [6.45, 7) is 0.603. The van der Waals surface area contributed by atoms with Gasteiger partial charge in [0, 0.05) is 0 Å². The molecule has 1 heterocycles. The highest BCUT2D eigenvalue weighted by Gasteiger charge is 2.31. The van der Waals surface area contributed by atoms with Crippen molar-refractivity contribution < 1.29 is 14.3 Å². The second-order valence-electron chi connectivity index (χ2n) is 5.54. The molecule has 3 heteroatoms. The van der Waals surface area contributed by atoms with Crippen LogP contribution >= 0.6 is 0 Å². The first-order valence-corrected chi connectivity index (χ1v) is 7.11. The quantitative estimate of drug-likeness (QED) is 0.783. The van der Waals surface area contributed by atoms with Crippen LogP contribution in [0.5, 0.6) is 5.75 Å². The number of hydrogen-bond donors (Lipinski definition) is 0. The largest absolute Gasteiger partial charge is 0.497 e. The first-order valence-electron chi connectivity index (χ1n) is 7.11. The van der Waals surface area contributed by atoms with Crippen LogP contribution in [0.3, 0.4) is 0 Å². The molecule has 2 aliphatic rings. The molecule has 0 saturated carbocycles. The molecule has 19 heavy (non-hydrogen) atoms. The zero-order chi connectivity index (χ0) is 13.2. The van der Waals surface area contributed by atoms with Crippen LogP contribution in [-0.4, -0.2) is 19.7 Å².